The van der Waals surface area contributed by atoms with Crippen LogP contribution in [0.2, 0.25) is 0 Å². The maximum Gasteiger partial charge on any atom is 0.207 e. The number of halogens is 2. The summed E-state index contributed by atoms with van der Waals surface area (Å²) in [5, 5.41) is 2.60. The molecule has 1 rings (SSSR count). The van der Waals surface area contributed by atoms with Crippen molar-refractivity contribution in [2.24, 2.45) is 0 Å². The smallest absolute Gasteiger partial charge is 0.207 e. The van der Waals surface area contributed by atoms with E-state index < -0.39 is 11.7 Å². The first-order valence-electron chi connectivity index (χ1n) is 6.85. The quantitative estimate of drug-likeness (QED) is 0.429. The van der Waals surface area contributed by atoms with E-state index in [-0.39, 0.29) is 5.57 Å². The lowest BCUT2D eigenvalue weighted by Gasteiger charge is -2.19. The number of amides is 1. The lowest BCUT2D eigenvalue weighted by atomic mass is 10.0. The fourth-order valence-electron chi connectivity index (χ4n) is 1.98. The Morgan fingerprint density at radius 2 is 1.91 bits per heavy atom. The van der Waals surface area contributed by atoms with Gasteiger partial charge in [0.05, 0.1) is 0 Å². The van der Waals surface area contributed by atoms with Gasteiger partial charge in [-0.3, -0.25) is 4.79 Å². The Bertz CT molecular complexity index is 565. The molecule has 0 aliphatic carbocycles. The average Bonchev–Trinajstić information content (AvgIpc) is 2.49. The Kier molecular flexibility index (Phi) is 7.02. The van der Waals surface area contributed by atoms with E-state index in [0.717, 1.165) is 24.7 Å². The second kappa shape index (κ2) is 8.77. The molecule has 0 aliphatic heterocycles. The Hall–Kier alpha value is -2.43. The van der Waals surface area contributed by atoms with Gasteiger partial charge in [-0.05, 0) is 30.2 Å². The summed E-state index contributed by atoms with van der Waals surface area (Å²) < 4.78 is 26.3. The van der Waals surface area contributed by atoms with E-state index in [1.165, 1.54) is 0 Å². The van der Waals surface area contributed by atoms with E-state index in [4.69, 9.17) is 0 Å². The van der Waals surface area contributed by atoms with Crippen LogP contribution >= 0.6 is 0 Å². The third kappa shape index (κ3) is 5.52. The van der Waals surface area contributed by atoms with Crippen molar-refractivity contribution in [2.45, 2.75) is 6.42 Å². The molecule has 0 aromatic heterocycles. The van der Waals surface area contributed by atoms with E-state index in [1.807, 2.05) is 24.1 Å². The highest BCUT2D eigenvalue weighted by Gasteiger charge is 2.08. The maximum atomic E-state index is 13.4. The topological polar surface area (TPSA) is 32.3 Å². The lowest BCUT2D eigenvalue weighted by Crippen LogP contribution is -2.23. The fraction of sp³-hybridized carbons (Fsp3) is 0.235. The van der Waals surface area contributed by atoms with Gasteiger partial charge in [-0.1, -0.05) is 25.3 Å². The van der Waals surface area contributed by atoms with Gasteiger partial charge in [0.1, 0.15) is 11.7 Å². The van der Waals surface area contributed by atoms with Gasteiger partial charge < -0.3 is 10.2 Å². The zero-order valence-electron chi connectivity index (χ0n) is 12.6. The van der Waals surface area contributed by atoms with Crippen LogP contribution in [0.15, 0.2) is 55.2 Å². The van der Waals surface area contributed by atoms with Crippen LogP contribution in [0, 0.1) is 0 Å². The van der Waals surface area contributed by atoms with Crippen LogP contribution in [0.3, 0.4) is 0 Å². The number of benzene rings is 1. The highest BCUT2D eigenvalue weighted by atomic mass is 19.1. The summed E-state index contributed by atoms with van der Waals surface area (Å²) >= 11 is 0. The summed E-state index contributed by atoms with van der Waals surface area (Å²) in [4.78, 5) is 12.2. The molecular weight excluding hydrogens is 286 g/mol. The van der Waals surface area contributed by atoms with Gasteiger partial charge in [0.25, 0.3) is 0 Å². The van der Waals surface area contributed by atoms with Gasteiger partial charge >= 0.3 is 0 Å². The third-order valence-corrected chi connectivity index (χ3v) is 3.11. The molecule has 0 fully saturated rings. The van der Waals surface area contributed by atoms with E-state index in [2.05, 4.69) is 18.5 Å². The molecule has 0 spiro atoms. The first-order chi connectivity index (χ1) is 10.5. The van der Waals surface area contributed by atoms with Crippen LogP contribution in [-0.4, -0.2) is 26.5 Å². The molecule has 1 aromatic rings. The number of nitrogens with one attached hydrogen (secondary N) is 1. The molecule has 3 nitrogen and oxygen atoms in total. The number of carbonyl (C=O) groups excluding carboxylic acids is 1. The number of rotatable bonds is 9. The van der Waals surface area contributed by atoms with Crippen molar-refractivity contribution >= 4 is 17.7 Å². The number of nitrogens with zero attached hydrogens (tertiary/aromatic N) is 1. The second-order valence-corrected chi connectivity index (χ2v) is 4.80. The first-order valence-corrected chi connectivity index (χ1v) is 6.85. The Morgan fingerprint density at radius 1 is 1.27 bits per heavy atom. The molecule has 0 unspecified atom stereocenters. The number of hydrogen-bond donors (Lipinski definition) is 1. The molecule has 0 aliphatic rings. The monoisotopic (exact) mass is 306 g/mol. The molecule has 0 radical (unpaired) electrons. The maximum absolute atomic E-state index is 13.4. The molecule has 22 heavy (non-hydrogen) atoms. The number of hydrogen-bond acceptors (Lipinski definition) is 2. The molecule has 0 atom stereocenters. The largest absolute Gasteiger partial charge is 0.375 e. The predicted molar refractivity (Wildman–Crippen MR) is 86.9 cm³/mol. The Morgan fingerprint density at radius 3 is 2.41 bits per heavy atom. The minimum absolute atomic E-state index is 0.0805. The van der Waals surface area contributed by atoms with Crippen LogP contribution in [0.25, 0.3) is 5.57 Å². The van der Waals surface area contributed by atoms with Crippen molar-refractivity contribution < 1.29 is 13.6 Å². The standard InChI is InChI=1S/C17H20F2N2O/c1-13(18)11-17(14(2)19)15-5-7-16(8-6-15)21(3)10-4-9-20-12-22/h5-8,11-12H,1-2,4,9-10H2,3H3,(H,20,22)/b17-11+. The van der Waals surface area contributed by atoms with E-state index in [9.17, 15) is 13.6 Å². The molecular formula is C17H20F2N2O. The van der Waals surface area contributed by atoms with Crippen LogP contribution < -0.4 is 10.2 Å². The molecule has 0 heterocycles. The molecule has 1 aromatic carbocycles. The summed E-state index contributed by atoms with van der Waals surface area (Å²) in [5.74, 6) is -1.43. The van der Waals surface area contributed by atoms with Crippen molar-refractivity contribution in [3.8, 4) is 0 Å². The molecule has 118 valence electrons. The van der Waals surface area contributed by atoms with Crippen LogP contribution in [0.5, 0.6) is 0 Å². The van der Waals surface area contributed by atoms with Gasteiger partial charge in [-0.2, -0.15) is 0 Å². The zero-order chi connectivity index (χ0) is 16.5. The van der Waals surface area contributed by atoms with Crippen molar-refractivity contribution in [1.29, 1.82) is 0 Å². The molecule has 0 saturated heterocycles. The summed E-state index contributed by atoms with van der Waals surface area (Å²) in [6.07, 6.45) is 2.50. The van der Waals surface area contributed by atoms with Gasteiger partial charge in [0.2, 0.25) is 6.41 Å². The molecule has 0 saturated carbocycles. The first kappa shape index (κ1) is 17.6. The van der Waals surface area contributed by atoms with Crippen molar-refractivity contribution in [2.75, 3.05) is 25.0 Å². The van der Waals surface area contributed by atoms with E-state index in [1.54, 1.807) is 12.1 Å². The molecule has 1 N–H and O–H groups in total. The SMILES string of the molecule is C=C(F)/C=C(\C(=C)F)c1ccc(N(C)CCCNC=O)cc1. The summed E-state index contributed by atoms with van der Waals surface area (Å²) in [6, 6.07) is 7.05. The highest BCUT2D eigenvalue weighted by Crippen LogP contribution is 2.26. The number of allylic oxidation sites excluding steroid dienone is 4. The molecule has 0 bridgehead atoms. The van der Waals surface area contributed by atoms with Crippen LogP contribution in [-0.2, 0) is 4.79 Å². The number of anilines is 1. The number of carbonyl (C=O) groups is 1. The Labute approximate surface area is 129 Å². The van der Waals surface area contributed by atoms with Gasteiger partial charge in [-0.25, -0.2) is 8.78 Å². The van der Waals surface area contributed by atoms with Crippen LogP contribution in [0.1, 0.15) is 12.0 Å². The van der Waals surface area contributed by atoms with Gasteiger partial charge in [-0.15, -0.1) is 0 Å². The van der Waals surface area contributed by atoms with Crippen LogP contribution in [0.4, 0.5) is 14.5 Å². The highest BCUT2D eigenvalue weighted by molar-refractivity contribution is 5.78. The minimum Gasteiger partial charge on any atom is -0.375 e. The Balaban J connectivity index is 2.78. The predicted octanol–water partition coefficient (Wildman–Crippen LogP) is 3.61. The summed E-state index contributed by atoms with van der Waals surface area (Å²) in [6.45, 7) is 7.69. The molecule has 5 heteroatoms. The fourth-order valence-corrected chi connectivity index (χ4v) is 1.98. The van der Waals surface area contributed by atoms with Crippen molar-refractivity contribution in [3.05, 3.63) is 60.7 Å². The average molecular weight is 306 g/mol. The van der Waals surface area contributed by atoms with Crippen molar-refractivity contribution in [1.82, 2.24) is 5.32 Å². The van der Waals surface area contributed by atoms with Crippen molar-refractivity contribution in [3.63, 3.8) is 0 Å². The zero-order valence-corrected chi connectivity index (χ0v) is 12.6. The summed E-state index contributed by atoms with van der Waals surface area (Å²) in [5.41, 5.74) is 1.56. The minimum atomic E-state index is -0.724. The van der Waals surface area contributed by atoms with E-state index >= 15 is 0 Å². The second-order valence-electron chi connectivity index (χ2n) is 4.80. The lowest BCUT2D eigenvalue weighted by molar-refractivity contribution is -0.109. The molecule has 1 amide bonds. The normalized spacial score (nSPS) is 11.0. The van der Waals surface area contributed by atoms with Gasteiger partial charge in [0, 0.05) is 31.4 Å². The third-order valence-electron chi connectivity index (χ3n) is 3.11. The van der Waals surface area contributed by atoms with Gasteiger partial charge in [0.15, 0.2) is 0 Å². The summed E-state index contributed by atoms with van der Waals surface area (Å²) in [7, 11) is 1.92. The van der Waals surface area contributed by atoms with E-state index in [0.29, 0.717) is 18.5 Å².